The predicted molar refractivity (Wildman–Crippen MR) is 121 cm³/mol. The number of nitrogens with zero attached hydrogens (tertiary/aromatic N) is 5. The number of hydroxylamine groups is 2. The van der Waals surface area contributed by atoms with Crippen LogP contribution in [0.5, 0.6) is 0 Å². The minimum atomic E-state index is -0.844. The number of ether oxygens (including phenoxy) is 2. The van der Waals surface area contributed by atoms with E-state index in [1.807, 2.05) is 30.3 Å². The van der Waals surface area contributed by atoms with Crippen LogP contribution in [0.4, 0.5) is 0 Å². The number of hydrogen-bond acceptors (Lipinski definition) is 7. The van der Waals surface area contributed by atoms with Crippen LogP contribution in [0.25, 0.3) is 11.0 Å². The van der Waals surface area contributed by atoms with Gasteiger partial charge in [-0.25, -0.2) is 4.68 Å². The van der Waals surface area contributed by atoms with Crippen LogP contribution in [0, 0.1) is 11.8 Å². The summed E-state index contributed by atoms with van der Waals surface area (Å²) in [6.45, 7) is 6.74. The summed E-state index contributed by atoms with van der Waals surface area (Å²) < 4.78 is 12.4. The van der Waals surface area contributed by atoms with Crippen LogP contribution in [0.15, 0.2) is 42.5 Å². The fraction of sp³-hybridized carbons (Fsp3) is 0.375. The van der Waals surface area contributed by atoms with Crippen molar-refractivity contribution in [2.24, 2.45) is 0 Å². The molecule has 0 saturated carbocycles. The molecule has 1 aliphatic rings. The standard InChI is InChI=1S/C24H27N5O4/c1-2-33-24(29(31)18-30)17-28-23-10-9-20(15-22(23)25-26-28)6-3-19-4-7-21(8-5-19)16-27-11-13-32-14-12-27/h4-5,7-10,15,18,24,31H,2,11-14,16-17H2,1H3. The van der Waals surface area contributed by atoms with Crippen molar-refractivity contribution in [3.63, 3.8) is 0 Å². The average Bonchev–Trinajstić information content (AvgIpc) is 3.25. The van der Waals surface area contributed by atoms with Gasteiger partial charge in [0, 0.05) is 37.4 Å². The molecule has 9 nitrogen and oxygen atoms in total. The second-order valence-corrected chi connectivity index (χ2v) is 7.71. The van der Waals surface area contributed by atoms with Crippen molar-refractivity contribution >= 4 is 17.4 Å². The molecule has 0 spiro atoms. The zero-order valence-electron chi connectivity index (χ0n) is 18.6. The lowest BCUT2D eigenvalue weighted by molar-refractivity contribution is -0.208. The largest absolute Gasteiger partial charge is 0.379 e. The summed E-state index contributed by atoms with van der Waals surface area (Å²) >= 11 is 0. The van der Waals surface area contributed by atoms with E-state index in [0.29, 0.717) is 23.6 Å². The van der Waals surface area contributed by atoms with Gasteiger partial charge >= 0.3 is 0 Å². The molecule has 33 heavy (non-hydrogen) atoms. The molecular formula is C24H27N5O4. The molecule has 1 saturated heterocycles. The Morgan fingerprint density at radius 1 is 1.18 bits per heavy atom. The molecule has 9 heteroatoms. The number of carbonyl (C=O) groups excluding carboxylic acids is 1. The molecule has 1 atom stereocenters. The van der Waals surface area contributed by atoms with Gasteiger partial charge in [0.2, 0.25) is 6.41 Å². The first-order valence-electron chi connectivity index (χ1n) is 10.9. The highest BCUT2D eigenvalue weighted by molar-refractivity contribution is 5.76. The molecule has 1 amide bonds. The maximum Gasteiger partial charge on any atom is 0.235 e. The van der Waals surface area contributed by atoms with Crippen molar-refractivity contribution < 1.29 is 19.5 Å². The van der Waals surface area contributed by atoms with Gasteiger partial charge in [-0.3, -0.25) is 14.9 Å². The lowest BCUT2D eigenvalue weighted by atomic mass is 10.1. The monoisotopic (exact) mass is 449 g/mol. The number of rotatable bonds is 8. The Hall–Kier alpha value is -3.29. The fourth-order valence-electron chi connectivity index (χ4n) is 3.66. The SMILES string of the molecule is CCOC(Cn1nnc2cc(C#Cc3ccc(CN4CCOCC4)cc3)ccc21)N(O)C=O. The van der Waals surface area contributed by atoms with Gasteiger partial charge in [-0.15, -0.1) is 5.10 Å². The molecular weight excluding hydrogens is 422 g/mol. The normalized spacial score (nSPS) is 15.1. The molecule has 4 rings (SSSR count). The summed E-state index contributed by atoms with van der Waals surface area (Å²) in [7, 11) is 0. The van der Waals surface area contributed by atoms with Gasteiger partial charge in [-0.2, -0.15) is 5.06 Å². The molecule has 3 aromatic rings. The van der Waals surface area contributed by atoms with Crippen molar-refractivity contribution in [3.8, 4) is 11.8 Å². The van der Waals surface area contributed by atoms with Crippen LogP contribution in [-0.2, 0) is 27.4 Å². The van der Waals surface area contributed by atoms with Gasteiger partial charge in [0.15, 0.2) is 6.23 Å². The molecule has 0 aliphatic carbocycles. The number of aromatic nitrogens is 3. The third-order valence-corrected chi connectivity index (χ3v) is 5.42. The van der Waals surface area contributed by atoms with E-state index in [1.54, 1.807) is 11.6 Å². The third-order valence-electron chi connectivity index (χ3n) is 5.42. The summed E-state index contributed by atoms with van der Waals surface area (Å²) in [6, 6.07) is 14.0. The summed E-state index contributed by atoms with van der Waals surface area (Å²) in [5.74, 6) is 6.38. The second-order valence-electron chi connectivity index (χ2n) is 7.71. The smallest absolute Gasteiger partial charge is 0.235 e. The maximum atomic E-state index is 10.9. The Bertz CT molecular complexity index is 1130. The van der Waals surface area contributed by atoms with Gasteiger partial charge in [-0.1, -0.05) is 29.2 Å². The minimum Gasteiger partial charge on any atom is -0.379 e. The molecule has 0 radical (unpaired) electrons. The molecule has 1 aromatic heterocycles. The van der Waals surface area contributed by atoms with E-state index in [0.717, 1.165) is 49.5 Å². The van der Waals surface area contributed by atoms with E-state index in [4.69, 9.17) is 9.47 Å². The molecule has 1 aliphatic heterocycles. The number of carbonyl (C=O) groups is 1. The molecule has 172 valence electrons. The highest BCUT2D eigenvalue weighted by atomic mass is 16.6. The van der Waals surface area contributed by atoms with Crippen LogP contribution in [0.3, 0.4) is 0 Å². The number of morpholine rings is 1. The first kappa shape index (κ1) is 22.9. The van der Waals surface area contributed by atoms with E-state index in [-0.39, 0.29) is 6.54 Å². The number of benzene rings is 2. The Kier molecular flexibility index (Phi) is 7.65. The topological polar surface area (TPSA) is 92.9 Å². The van der Waals surface area contributed by atoms with Crippen molar-refractivity contribution in [1.82, 2.24) is 25.0 Å². The fourth-order valence-corrected chi connectivity index (χ4v) is 3.66. The quantitative estimate of drug-likeness (QED) is 0.185. The number of fused-ring (bicyclic) bond motifs is 1. The highest BCUT2D eigenvalue weighted by Crippen LogP contribution is 2.15. The molecule has 2 aromatic carbocycles. The zero-order chi connectivity index (χ0) is 23.0. The summed E-state index contributed by atoms with van der Waals surface area (Å²) in [5.41, 5.74) is 4.47. The van der Waals surface area contributed by atoms with E-state index in [9.17, 15) is 10.0 Å². The van der Waals surface area contributed by atoms with Gasteiger partial charge < -0.3 is 9.47 Å². The van der Waals surface area contributed by atoms with Crippen LogP contribution in [0.1, 0.15) is 23.6 Å². The molecule has 1 unspecified atom stereocenters. The Balaban J connectivity index is 1.43. The Labute approximate surface area is 192 Å². The zero-order valence-corrected chi connectivity index (χ0v) is 18.6. The maximum absolute atomic E-state index is 10.9. The second kappa shape index (κ2) is 11.0. The Morgan fingerprint density at radius 3 is 2.64 bits per heavy atom. The van der Waals surface area contributed by atoms with Gasteiger partial charge in [0.05, 0.1) is 25.3 Å². The van der Waals surface area contributed by atoms with Crippen molar-refractivity contribution in [3.05, 3.63) is 59.2 Å². The van der Waals surface area contributed by atoms with E-state index in [1.165, 1.54) is 5.56 Å². The van der Waals surface area contributed by atoms with Crippen molar-refractivity contribution in [2.75, 3.05) is 32.9 Å². The van der Waals surface area contributed by atoms with Crippen molar-refractivity contribution in [1.29, 1.82) is 0 Å². The highest BCUT2D eigenvalue weighted by Gasteiger charge is 2.18. The van der Waals surface area contributed by atoms with Crippen molar-refractivity contribution in [2.45, 2.75) is 26.2 Å². The lowest BCUT2D eigenvalue weighted by Crippen LogP contribution is -2.37. The van der Waals surface area contributed by atoms with Gasteiger partial charge in [-0.05, 0) is 42.8 Å². The van der Waals surface area contributed by atoms with Crippen LogP contribution in [-0.4, -0.2) is 75.7 Å². The first-order valence-corrected chi connectivity index (χ1v) is 10.9. The van der Waals surface area contributed by atoms with Crippen LogP contribution < -0.4 is 0 Å². The van der Waals surface area contributed by atoms with E-state index in [2.05, 4.69) is 39.2 Å². The summed E-state index contributed by atoms with van der Waals surface area (Å²) in [5, 5.41) is 18.5. The number of amides is 1. The van der Waals surface area contributed by atoms with Crippen LogP contribution >= 0.6 is 0 Å². The van der Waals surface area contributed by atoms with Gasteiger partial charge in [0.25, 0.3) is 0 Å². The molecule has 2 heterocycles. The molecule has 1 fully saturated rings. The third kappa shape index (κ3) is 5.94. The first-order chi connectivity index (χ1) is 16.2. The minimum absolute atomic E-state index is 0.154. The lowest BCUT2D eigenvalue weighted by Gasteiger charge is -2.26. The summed E-state index contributed by atoms with van der Waals surface area (Å²) in [6.07, 6.45) is -0.537. The Morgan fingerprint density at radius 2 is 1.91 bits per heavy atom. The van der Waals surface area contributed by atoms with Gasteiger partial charge in [0.1, 0.15) is 5.52 Å². The molecule has 0 bridgehead atoms. The average molecular weight is 450 g/mol. The van der Waals surface area contributed by atoms with Crippen LogP contribution in [0.2, 0.25) is 0 Å². The summed E-state index contributed by atoms with van der Waals surface area (Å²) in [4.78, 5) is 13.3. The molecule has 1 N–H and O–H groups in total. The van der Waals surface area contributed by atoms with E-state index < -0.39 is 6.23 Å². The number of hydrogen-bond donors (Lipinski definition) is 1. The predicted octanol–water partition coefficient (Wildman–Crippen LogP) is 1.87. The van der Waals surface area contributed by atoms with E-state index >= 15 is 0 Å².